The Morgan fingerprint density at radius 1 is 0.497 bits per heavy atom. The molecule has 7 N–H and O–H groups in total. The van der Waals surface area contributed by atoms with E-state index in [1.807, 2.05) is 217 Å². The first-order valence-electron chi connectivity index (χ1n) is 44.6. The number of nitrogens with zero attached hydrogens (tertiary/aromatic N) is 13. The van der Waals surface area contributed by atoms with Gasteiger partial charge in [-0.25, -0.2) is 42.7 Å². The summed E-state index contributed by atoms with van der Waals surface area (Å²) in [5, 5.41) is 8.12. The van der Waals surface area contributed by atoms with Gasteiger partial charge < -0.3 is 31.6 Å². The molecule has 143 heavy (non-hydrogen) atoms. The molecule has 26 nitrogen and oxygen atoms in total. The van der Waals surface area contributed by atoms with Crippen molar-refractivity contribution in [2.45, 2.75) is 229 Å². The largest absolute Gasteiger partial charge is 0.443 e. The maximum Gasteiger partial charge on any atom is 0.426 e. The number of aromatic nitrogens is 7. The number of thioether (sulfide) groups is 4. The number of hydrogen-bond acceptors (Lipinski definition) is 25. The third kappa shape index (κ3) is 40.0. The number of nitrogens with one attached hydrogen (secondary N) is 3. The van der Waals surface area contributed by atoms with Crippen molar-refractivity contribution in [1.29, 1.82) is 0 Å². The quantitative estimate of drug-likeness (QED) is 0.0245. The van der Waals surface area contributed by atoms with E-state index in [2.05, 4.69) is 234 Å². The van der Waals surface area contributed by atoms with Gasteiger partial charge in [0.1, 0.15) is 44.3 Å². The smallest absolute Gasteiger partial charge is 0.426 e. The minimum absolute atomic E-state index is 0.134. The summed E-state index contributed by atoms with van der Waals surface area (Å²) in [7, 11) is -2.41. The maximum atomic E-state index is 12.9. The molecule has 0 unspecified atom stereocenters. The molecule has 0 radical (unpaired) electrons. The average Bonchev–Trinajstić information content (AvgIpc) is 0.781. The van der Waals surface area contributed by atoms with Crippen molar-refractivity contribution in [3.63, 3.8) is 0 Å². The van der Waals surface area contributed by atoms with Crippen molar-refractivity contribution in [3.8, 4) is 0 Å². The molecule has 4 aliphatic rings. The van der Waals surface area contributed by atoms with Crippen LogP contribution in [0.1, 0.15) is 231 Å². The van der Waals surface area contributed by atoms with Crippen molar-refractivity contribution in [2.24, 2.45) is 35.8 Å². The Labute approximate surface area is 936 Å². The first kappa shape index (κ1) is 123. The van der Waals surface area contributed by atoms with Gasteiger partial charge in [0.15, 0.2) is 20.7 Å². The van der Waals surface area contributed by atoms with Crippen LogP contribution in [0.3, 0.4) is 0 Å². The lowest BCUT2D eigenvalue weighted by Crippen LogP contribution is -2.47. The number of ether oxygens (including phenoxy) is 2. The van der Waals surface area contributed by atoms with Gasteiger partial charge in [0.25, 0.3) is 11.8 Å². The SMILES string of the molecule is C=C1C[C@@](C)(c2cc(Br)ccn2)N=C(N(C(=O)OC(C)(C)C)C(=O)OC(C)(C)C)S1.C=C1C[C@@](C)(c2cc(Br)ccn2)N=C(N)S1.C=C1C[C@@](C)(c2cc(Br)ccn2)N=C(NC(=O)c2ccccc2)S1.C=CC[C@](C)(N)c1cc(Br)ccn1.C=CC[C@](C)(N[S@](=O)C(C)(C)C)c1cc(Br)ccn1.CC(=N[S@](=O)C(C)(C)C)c1cc(Br)ccn1.C[C@@]1(c2cc(Br)ccn2)C[C@@H](CI)SC(NC(=O)c2ccccc2)=N1. The minimum Gasteiger partial charge on any atom is -0.443 e. The van der Waals surface area contributed by atoms with Gasteiger partial charge in [0.05, 0.1) is 77.1 Å². The van der Waals surface area contributed by atoms with E-state index in [9.17, 15) is 27.6 Å². The fourth-order valence-electron chi connectivity index (χ4n) is 13.1. The zero-order valence-corrected chi connectivity index (χ0v) is 101. The Morgan fingerprint density at radius 2 is 0.867 bits per heavy atom. The Bertz CT molecular complexity index is 6240. The van der Waals surface area contributed by atoms with E-state index in [0.29, 0.717) is 62.5 Å². The van der Waals surface area contributed by atoms with Gasteiger partial charge in [-0.15, -0.1) is 13.2 Å². The molecule has 0 aliphatic carbocycles. The number of amidine groups is 4. The summed E-state index contributed by atoms with van der Waals surface area (Å²) in [6.07, 6.45) is 18.2. The topological polar surface area (TPSA) is 364 Å². The van der Waals surface area contributed by atoms with E-state index in [-0.39, 0.29) is 26.5 Å². The highest BCUT2D eigenvalue weighted by Gasteiger charge is 2.44. The molecule has 764 valence electrons. The third-order valence-corrected chi connectivity index (χ3v) is 32.1. The van der Waals surface area contributed by atoms with Crippen LogP contribution in [0.15, 0.2) is 304 Å². The standard InChI is InChI=1S/C21H28BrN3O4S.C18H17BrIN3OS.C18H16BrN3OS.C14H21BrN2OS.C11H12BrN3S.C11H15BrN2OS.C10H13BrN2/c1-13-12-21(8,15-11-14(22)9-10-23-15)24-16(30-13)25(17(26)28-19(2,3)4)18(27)29-20(5,6)7;1-18(15-9-13(19)7-8-21-15)10-14(11-20)25-17(23-18)22-16(24)12-5-3-2-4-6-12;1-12-11-18(2,15-10-14(19)8-9-20-15)22-17(24-12)21-16(23)13-6-4-3-5-7-13;1-6-8-14(5,17-19(18)13(2,3)4)12-10-11(15)7-9-16-12;1-7-6-11(2,15-10(13)16-7)9-5-8(12)3-4-14-9;1-8(14-16(15)11(2,3)4)10-7-9(12)5-6-13-10;1-3-5-10(2,12)9-7-8(11)4-6-13-9/h9-11H,1,12H2,2-8H3;2-9,14H,10-11H2,1H3,(H,22,23,24);3-10H,1,11H2,2H3,(H,21,22,23);6-7,9-10,17H,1,8H2,2-5H3;3-5H,1,6H2,2H3,(H2,13,15);5-7H,1-4H3;3-4,6-7H,1,5,12H2,2H3/t21-;14-,18-;18-;14-,19+;11-;16-;10-/m0000010/s1. The number of hydrogen-bond donors (Lipinski definition) is 5. The molecule has 40 heteroatoms. The Morgan fingerprint density at radius 3 is 1.27 bits per heavy atom. The maximum absolute atomic E-state index is 12.9. The minimum atomic E-state index is -1.24. The van der Waals surface area contributed by atoms with Crippen molar-refractivity contribution in [2.75, 3.05) is 4.43 Å². The zero-order chi connectivity index (χ0) is 107. The number of aliphatic imine (C=N–C) groups is 4. The first-order valence-corrected chi connectivity index (χ1v) is 57.2. The van der Waals surface area contributed by atoms with Gasteiger partial charge in [-0.2, -0.15) is 9.30 Å². The second-order valence-electron chi connectivity index (χ2n) is 38.0. The normalized spacial score (nSPS) is 19.7. The summed E-state index contributed by atoms with van der Waals surface area (Å²) in [6, 6.07) is 44.9. The Kier molecular flexibility index (Phi) is 47.0. The van der Waals surface area contributed by atoms with Crippen molar-refractivity contribution >= 4 is 254 Å². The van der Waals surface area contributed by atoms with E-state index in [4.69, 9.17) is 35.9 Å². The van der Waals surface area contributed by atoms with Crippen molar-refractivity contribution in [3.05, 3.63) is 331 Å². The number of rotatable bonds is 17. The Balaban J connectivity index is 0.000000230. The lowest BCUT2D eigenvalue weighted by atomic mass is 9.92. The number of amides is 4. The van der Waals surface area contributed by atoms with E-state index in [1.165, 1.54) is 23.5 Å². The van der Waals surface area contributed by atoms with Crippen LogP contribution in [0.4, 0.5) is 9.59 Å². The molecule has 0 bridgehead atoms. The van der Waals surface area contributed by atoms with Crippen molar-refractivity contribution in [1.82, 2.24) is 55.1 Å². The molecule has 0 fully saturated rings. The average molecular weight is 2620 g/mol. The molecule has 0 saturated carbocycles. The van der Waals surface area contributed by atoms with Crippen LogP contribution >= 0.6 is 181 Å². The number of imide groups is 1. The number of carbonyl (C=O) groups is 4. The van der Waals surface area contributed by atoms with Crippen LogP contribution in [0.5, 0.6) is 0 Å². The monoisotopic (exact) mass is 2610 g/mol. The van der Waals surface area contributed by atoms with Crippen molar-refractivity contribution < 1.29 is 37.1 Å². The van der Waals surface area contributed by atoms with Gasteiger partial charge in [0.2, 0.25) is 0 Å². The van der Waals surface area contributed by atoms with Crippen LogP contribution in [0.2, 0.25) is 0 Å². The number of halogens is 8. The summed E-state index contributed by atoms with van der Waals surface area (Å²) in [4.78, 5) is 104. The number of pyridine rings is 7. The predicted molar refractivity (Wildman–Crippen MR) is 628 cm³/mol. The fourth-order valence-corrected chi connectivity index (χ4v) is 22.0. The second-order valence-corrected chi connectivity index (χ2v) is 54.0. The molecular weight excluding hydrogens is 2500 g/mol. The lowest BCUT2D eigenvalue weighted by Gasteiger charge is -2.35. The lowest BCUT2D eigenvalue weighted by molar-refractivity contribution is 0.0150. The highest BCUT2D eigenvalue weighted by Crippen LogP contribution is 2.46. The molecule has 4 aliphatic heterocycles. The highest BCUT2D eigenvalue weighted by atomic mass is 127. The number of nitrogens with two attached hydrogens (primary N) is 2. The van der Waals surface area contributed by atoms with Crippen LogP contribution in [-0.2, 0) is 64.7 Å². The van der Waals surface area contributed by atoms with Crippen LogP contribution in [0.25, 0.3) is 0 Å². The second kappa shape index (κ2) is 54.8. The summed E-state index contributed by atoms with van der Waals surface area (Å²) >= 11 is 32.0. The molecule has 7 aromatic heterocycles. The first-order chi connectivity index (χ1) is 66.6. The van der Waals surface area contributed by atoms with Gasteiger partial charge >= 0.3 is 12.2 Å². The van der Waals surface area contributed by atoms with Crippen LogP contribution in [0, 0.1) is 0 Å². The molecule has 9 aromatic rings. The number of carbonyl (C=O) groups excluding carboxylic acids is 4. The van der Waals surface area contributed by atoms with E-state index < -0.39 is 78.6 Å². The van der Waals surface area contributed by atoms with Gasteiger partial charge in [-0.1, -0.05) is 249 Å². The highest BCUT2D eigenvalue weighted by molar-refractivity contribution is 14.1. The summed E-state index contributed by atoms with van der Waals surface area (Å²) < 4.78 is 49.4. The number of benzene rings is 2. The van der Waals surface area contributed by atoms with Gasteiger partial charge in [-0.3, -0.25) is 44.5 Å². The molecule has 2 aromatic carbocycles. The fraction of sp³-hybridized carbons (Fsp3) is 0.359. The van der Waals surface area contributed by atoms with Gasteiger partial charge in [0, 0.05) is 115 Å². The molecular formula is C103H122Br7IN18O8S6. The van der Waals surface area contributed by atoms with Crippen LogP contribution < -0.4 is 26.8 Å². The Hall–Kier alpha value is -7.27. The van der Waals surface area contributed by atoms with Crippen LogP contribution in [-0.4, -0.2) is 129 Å². The van der Waals surface area contributed by atoms with Gasteiger partial charge in [-0.05, 0) is 275 Å². The predicted octanol–water partition coefficient (Wildman–Crippen LogP) is 27.9. The summed E-state index contributed by atoms with van der Waals surface area (Å²) in [5.74, 6) is -0.313. The third-order valence-electron chi connectivity index (χ3n) is 20.2. The molecule has 4 amide bonds. The summed E-state index contributed by atoms with van der Waals surface area (Å²) in [6.45, 7) is 55.2. The molecule has 9 atom stereocenters. The zero-order valence-electron chi connectivity index (χ0n) is 83.3. The number of alkyl halides is 1. The van der Waals surface area contributed by atoms with E-state index in [0.717, 1.165) is 121 Å². The molecule has 0 spiro atoms. The van der Waals surface area contributed by atoms with E-state index >= 15 is 0 Å². The molecule has 11 heterocycles. The summed E-state index contributed by atoms with van der Waals surface area (Å²) in [5.41, 5.74) is 14.8. The van der Waals surface area contributed by atoms with E-state index in [1.54, 1.807) is 121 Å². The molecule has 13 rings (SSSR count). The molecule has 0 saturated heterocycles.